The van der Waals surface area contributed by atoms with Crippen molar-refractivity contribution in [2.24, 2.45) is 5.90 Å². The highest BCUT2D eigenvalue weighted by molar-refractivity contribution is 6.30. The number of carbonyl (C=O) groups is 1. The van der Waals surface area contributed by atoms with Crippen LogP contribution in [0.2, 0.25) is 5.02 Å². The first-order valence-electron chi connectivity index (χ1n) is 5.44. The van der Waals surface area contributed by atoms with Crippen LogP contribution in [-0.2, 0) is 9.63 Å². The van der Waals surface area contributed by atoms with Gasteiger partial charge in [-0.2, -0.15) is 0 Å². The van der Waals surface area contributed by atoms with Gasteiger partial charge < -0.3 is 14.9 Å². The van der Waals surface area contributed by atoms with Crippen molar-refractivity contribution < 1.29 is 14.4 Å². The number of hydrogen-bond donors (Lipinski definition) is 2. The Morgan fingerprint density at radius 3 is 2.56 bits per heavy atom. The summed E-state index contributed by atoms with van der Waals surface area (Å²) in [5.74, 6) is 5.32. The molecule has 0 aliphatic heterocycles. The van der Waals surface area contributed by atoms with Crippen LogP contribution in [-0.4, -0.2) is 24.7 Å². The van der Waals surface area contributed by atoms with Gasteiger partial charge in [0.2, 0.25) is 0 Å². The summed E-state index contributed by atoms with van der Waals surface area (Å²) in [6, 6.07) is 6.79. The Bertz CT molecular complexity index is 393. The van der Waals surface area contributed by atoms with Gasteiger partial charge in [-0.05, 0) is 38.1 Å². The number of ether oxygens (including phenoxy) is 1. The highest BCUT2D eigenvalue weighted by Gasteiger charge is 2.20. The number of hydrogen-bond acceptors (Lipinski definition) is 4. The fraction of sp³-hybridized carbons (Fsp3) is 0.417. The summed E-state index contributed by atoms with van der Waals surface area (Å²) in [7, 11) is 0. The maximum absolute atomic E-state index is 11.6. The van der Waals surface area contributed by atoms with Gasteiger partial charge in [0, 0.05) is 5.02 Å². The highest BCUT2D eigenvalue weighted by atomic mass is 35.5. The van der Waals surface area contributed by atoms with Gasteiger partial charge in [-0.15, -0.1) is 0 Å². The van der Waals surface area contributed by atoms with E-state index in [1.807, 2.05) is 0 Å². The molecule has 6 heteroatoms. The quantitative estimate of drug-likeness (QED) is 0.770. The number of nitrogens with one attached hydrogen (secondary N) is 1. The molecule has 1 amide bonds. The van der Waals surface area contributed by atoms with Crippen LogP contribution >= 0.6 is 11.6 Å². The van der Waals surface area contributed by atoms with Gasteiger partial charge in [0.15, 0.2) is 6.61 Å². The molecule has 5 nitrogen and oxygen atoms in total. The summed E-state index contributed by atoms with van der Waals surface area (Å²) in [5, 5.41) is 3.36. The second-order valence-corrected chi connectivity index (χ2v) is 4.92. The fourth-order valence-corrected chi connectivity index (χ4v) is 1.46. The Morgan fingerprint density at radius 2 is 2.00 bits per heavy atom. The van der Waals surface area contributed by atoms with Crippen molar-refractivity contribution >= 4 is 17.5 Å². The van der Waals surface area contributed by atoms with Crippen LogP contribution in [0, 0.1) is 0 Å². The van der Waals surface area contributed by atoms with E-state index in [2.05, 4.69) is 10.2 Å². The third-order valence-corrected chi connectivity index (χ3v) is 2.36. The van der Waals surface area contributed by atoms with Gasteiger partial charge in [-0.25, -0.2) is 5.90 Å². The Balaban J connectivity index is 2.39. The summed E-state index contributed by atoms with van der Waals surface area (Å²) >= 11 is 5.74. The van der Waals surface area contributed by atoms with Crippen molar-refractivity contribution in [1.29, 1.82) is 0 Å². The minimum atomic E-state index is -0.533. The lowest BCUT2D eigenvalue weighted by molar-refractivity contribution is -0.125. The molecule has 1 rings (SSSR count). The summed E-state index contributed by atoms with van der Waals surface area (Å²) < 4.78 is 5.30. The second-order valence-electron chi connectivity index (χ2n) is 4.49. The van der Waals surface area contributed by atoms with E-state index < -0.39 is 5.54 Å². The topological polar surface area (TPSA) is 73.6 Å². The molecule has 0 saturated carbocycles. The van der Waals surface area contributed by atoms with Crippen LogP contribution in [0.4, 0.5) is 0 Å². The third-order valence-electron chi connectivity index (χ3n) is 2.11. The summed E-state index contributed by atoms with van der Waals surface area (Å²) in [5.41, 5.74) is -0.533. The van der Waals surface area contributed by atoms with E-state index in [0.717, 1.165) is 0 Å². The molecule has 1 aromatic rings. The van der Waals surface area contributed by atoms with Crippen LogP contribution in [0.3, 0.4) is 0 Å². The molecule has 0 saturated heterocycles. The predicted molar refractivity (Wildman–Crippen MR) is 69.3 cm³/mol. The number of rotatable bonds is 6. The molecular weight excluding hydrogens is 256 g/mol. The lowest BCUT2D eigenvalue weighted by Crippen LogP contribution is -2.49. The predicted octanol–water partition coefficient (Wildman–Crippen LogP) is 1.50. The van der Waals surface area contributed by atoms with E-state index in [0.29, 0.717) is 10.8 Å². The third kappa shape index (κ3) is 5.35. The van der Waals surface area contributed by atoms with Crippen LogP contribution in [0.15, 0.2) is 24.3 Å². The van der Waals surface area contributed by atoms with Gasteiger partial charge in [-0.3, -0.25) is 4.79 Å². The molecule has 3 N–H and O–H groups in total. The number of benzene rings is 1. The van der Waals surface area contributed by atoms with Crippen molar-refractivity contribution in [3.63, 3.8) is 0 Å². The normalized spacial score (nSPS) is 11.1. The van der Waals surface area contributed by atoms with Crippen molar-refractivity contribution in [2.75, 3.05) is 13.2 Å². The molecule has 18 heavy (non-hydrogen) atoms. The molecular formula is C12H17ClN2O3. The Labute approximate surface area is 111 Å². The maximum Gasteiger partial charge on any atom is 0.258 e. The standard InChI is InChI=1S/C12H17ClN2O3/c1-12(2,8-18-14)15-11(16)7-17-10-5-3-9(13)4-6-10/h3-6H,7-8,14H2,1-2H3,(H,15,16). The molecule has 0 atom stereocenters. The van der Waals surface area contributed by atoms with Crippen LogP contribution in [0.5, 0.6) is 5.75 Å². The molecule has 100 valence electrons. The second kappa shape index (κ2) is 6.58. The lowest BCUT2D eigenvalue weighted by atomic mass is 10.1. The molecule has 0 bridgehead atoms. The Kier molecular flexibility index (Phi) is 5.40. The van der Waals surface area contributed by atoms with Gasteiger partial charge >= 0.3 is 0 Å². The van der Waals surface area contributed by atoms with Crippen molar-refractivity contribution in [2.45, 2.75) is 19.4 Å². The largest absolute Gasteiger partial charge is 0.484 e. The summed E-state index contributed by atoms with van der Waals surface area (Å²) in [6.45, 7) is 3.76. The smallest absolute Gasteiger partial charge is 0.258 e. The van der Waals surface area contributed by atoms with Gasteiger partial charge in [-0.1, -0.05) is 11.6 Å². The van der Waals surface area contributed by atoms with Gasteiger partial charge in [0.1, 0.15) is 5.75 Å². The van der Waals surface area contributed by atoms with Gasteiger partial charge in [0.05, 0.1) is 12.1 Å². The molecule has 0 heterocycles. The van der Waals surface area contributed by atoms with E-state index in [1.54, 1.807) is 38.1 Å². The number of nitrogens with two attached hydrogens (primary N) is 1. The SMILES string of the molecule is CC(C)(CON)NC(=O)COc1ccc(Cl)cc1. The van der Waals surface area contributed by atoms with E-state index in [-0.39, 0.29) is 19.1 Å². The monoisotopic (exact) mass is 272 g/mol. The Hall–Kier alpha value is -1.30. The van der Waals surface area contributed by atoms with Crippen molar-refractivity contribution in [3.05, 3.63) is 29.3 Å². The molecule has 0 aliphatic rings. The van der Waals surface area contributed by atoms with E-state index in [4.69, 9.17) is 22.2 Å². The molecule has 0 fully saturated rings. The first-order chi connectivity index (χ1) is 8.43. The lowest BCUT2D eigenvalue weighted by Gasteiger charge is -2.24. The number of amides is 1. The zero-order valence-electron chi connectivity index (χ0n) is 10.4. The molecule has 0 radical (unpaired) electrons. The molecule has 1 aromatic carbocycles. The average molecular weight is 273 g/mol. The average Bonchev–Trinajstić information content (AvgIpc) is 2.27. The van der Waals surface area contributed by atoms with E-state index in [1.165, 1.54) is 0 Å². The van der Waals surface area contributed by atoms with E-state index >= 15 is 0 Å². The summed E-state index contributed by atoms with van der Waals surface area (Å²) in [6.07, 6.45) is 0. The highest BCUT2D eigenvalue weighted by Crippen LogP contribution is 2.15. The molecule has 0 aromatic heterocycles. The van der Waals surface area contributed by atoms with Gasteiger partial charge in [0.25, 0.3) is 5.91 Å². The van der Waals surface area contributed by atoms with E-state index in [9.17, 15) is 4.79 Å². The number of carbonyl (C=O) groups excluding carboxylic acids is 1. The number of halogens is 1. The molecule has 0 spiro atoms. The molecule has 0 unspecified atom stereocenters. The first-order valence-corrected chi connectivity index (χ1v) is 5.82. The minimum absolute atomic E-state index is 0.0738. The van der Waals surface area contributed by atoms with Crippen molar-refractivity contribution in [1.82, 2.24) is 5.32 Å². The van der Waals surface area contributed by atoms with Crippen LogP contribution in [0.1, 0.15) is 13.8 Å². The zero-order valence-corrected chi connectivity index (χ0v) is 11.2. The first kappa shape index (κ1) is 14.8. The summed E-state index contributed by atoms with van der Waals surface area (Å²) in [4.78, 5) is 16.1. The molecule has 0 aliphatic carbocycles. The Morgan fingerprint density at radius 1 is 1.39 bits per heavy atom. The van der Waals surface area contributed by atoms with Crippen molar-refractivity contribution in [3.8, 4) is 5.75 Å². The minimum Gasteiger partial charge on any atom is -0.484 e. The maximum atomic E-state index is 11.6. The zero-order chi connectivity index (χ0) is 13.6. The van der Waals surface area contributed by atoms with Crippen LogP contribution in [0.25, 0.3) is 0 Å². The fourth-order valence-electron chi connectivity index (χ4n) is 1.34. The van der Waals surface area contributed by atoms with Crippen LogP contribution < -0.4 is 16.0 Å².